The molecule has 0 aliphatic heterocycles. The molecule has 0 saturated carbocycles. The minimum absolute atomic E-state index is 0.0892. The summed E-state index contributed by atoms with van der Waals surface area (Å²) in [6.45, 7) is 3.56. The van der Waals surface area contributed by atoms with Crippen molar-refractivity contribution in [3.8, 4) is 0 Å². The van der Waals surface area contributed by atoms with E-state index >= 15 is 0 Å². The first-order chi connectivity index (χ1) is 8.91. The highest BCUT2D eigenvalue weighted by atomic mass is 19.4. The summed E-state index contributed by atoms with van der Waals surface area (Å²) >= 11 is 0. The molecule has 0 spiro atoms. The fourth-order valence-electron chi connectivity index (χ4n) is 1.95. The van der Waals surface area contributed by atoms with Gasteiger partial charge in [0.15, 0.2) is 0 Å². The Kier molecular flexibility index (Phi) is 5.34. The van der Waals surface area contributed by atoms with Gasteiger partial charge in [-0.3, -0.25) is 0 Å². The lowest BCUT2D eigenvalue weighted by molar-refractivity contribution is -0.239. The molecule has 0 aliphatic carbocycles. The van der Waals surface area contributed by atoms with Gasteiger partial charge < -0.3 is 15.2 Å². The van der Waals surface area contributed by atoms with Gasteiger partial charge in [0.25, 0.3) is 0 Å². The summed E-state index contributed by atoms with van der Waals surface area (Å²) in [5, 5.41) is 0. The summed E-state index contributed by atoms with van der Waals surface area (Å²) in [7, 11) is 0. The fraction of sp³-hybridized carbons (Fsp3) is 0.538. The molecule has 0 unspecified atom stereocenters. The molecular weight excluding hydrogens is 259 g/mol. The molecule has 0 aromatic heterocycles. The van der Waals surface area contributed by atoms with Crippen molar-refractivity contribution in [1.29, 1.82) is 0 Å². The number of nitrogens with two attached hydrogens (primary N) is 1. The molecule has 0 aliphatic rings. The number of alkyl halides is 3. The van der Waals surface area contributed by atoms with E-state index in [2.05, 4.69) is 0 Å². The molecule has 2 N–H and O–H groups in total. The Morgan fingerprint density at radius 3 is 1.84 bits per heavy atom. The molecular formula is C13H18F3NO2. The molecule has 6 heteroatoms. The van der Waals surface area contributed by atoms with Crippen LogP contribution in [0.4, 0.5) is 13.2 Å². The van der Waals surface area contributed by atoms with Crippen LogP contribution in [0.15, 0.2) is 24.3 Å². The van der Waals surface area contributed by atoms with E-state index in [1.54, 1.807) is 13.8 Å². The quantitative estimate of drug-likeness (QED) is 0.813. The molecule has 0 radical (unpaired) electrons. The Hall–Kier alpha value is -1.11. The Morgan fingerprint density at radius 2 is 1.47 bits per heavy atom. The molecule has 0 bridgehead atoms. The zero-order valence-electron chi connectivity index (χ0n) is 11.0. The van der Waals surface area contributed by atoms with Crippen molar-refractivity contribution in [2.45, 2.75) is 25.8 Å². The van der Waals surface area contributed by atoms with Crippen LogP contribution in [0.1, 0.15) is 25.0 Å². The number of ether oxygens (including phenoxy) is 2. The summed E-state index contributed by atoms with van der Waals surface area (Å²) < 4.78 is 49.9. The van der Waals surface area contributed by atoms with Gasteiger partial charge in [-0.1, -0.05) is 18.2 Å². The van der Waals surface area contributed by atoms with E-state index in [0.29, 0.717) is 0 Å². The van der Waals surface area contributed by atoms with Crippen molar-refractivity contribution in [1.82, 2.24) is 0 Å². The predicted molar refractivity (Wildman–Crippen MR) is 65.4 cm³/mol. The van der Waals surface area contributed by atoms with Crippen LogP contribution in [0.2, 0.25) is 0 Å². The lowest BCUT2D eigenvalue weighted by Gasteiger charge is -2.34. The minimum atomic E-state index is -4.48. The van der Waals surface area contributed by atoms with E-state index in [9.17, 15) is 13.2 Å². The molecule has 0 amide bonds. The highest BCUT2D eigenvalue weighted by Gasteiger charge is 2.42. The molecule has 0 saturated heterocycles. The maximum Gasteiger partial charge on any atom is 0.416 e. The molecule has 1 aromatic carbocycles. The van der Waals surface area contributed by atoms with Gasteiger partial charge >= 0.3 is 6.18 Å². The third-order valence-corrected chi connectivity index (χ3v) is 2.67. The standard InChI is InChI=1S/C13H18F3NO2/c1-3-18-12(9-17,19-4-2)10-7-5-6-8-11(10)13(14,15)16/h5-8H,3-4,9,17H2,1-2H3. The summed E-state index contributed by atoms with van der Waals surface area (Å²) in [6.07, 6.45) is -4.48. The van der Waals surface area contributed by atoms with Crippen molar-refractivity contribution < 1.29 is 22.6 Å². The summed E-state index contributed by atoms with van der Waals surface area (Å²) in [5.74, 6) is -1.56. The Balaban J connectivity index is 3.37. The highest BCUT2D eigenvalue weighted by Crippen LogP contribution is 2.38. The third kappa shape index (κ3) is 3.46. The van der Waals surface area contributed by atoms with E-state index in [-0.39, 0.29) is 25.3 Å². The molecule has 19 heavy (non-hydrogen) atoms. The number of hydrogen-bond donors (Lipinski definition) is 1. The second kappa shape index (κ2) is 6.36. The first kappa shape index (κ1) is 15.9. The van der Waals surface area contributed by atoms with Crippen LogP contribution in [0.5, 0.6) is 0 Å². The van der Waals surface area contributed by atoms with Crippen LogP contribution in [-0.4, -0.2) is 19.8 Å². The number of rotatable bonds is 6. The monoisotopic (exact) mass is 277 g/mol. The lowest BCUT2D eigenvalue weighted by atomic mass is 9.98. The number of benzene rings is 1. The molecule has 3 nitrogen and oxygen atoms in total. The third-order valence-electron chi connectivity index (χ3n) is 2.67. The van der Waals surface area contributed by atoms with Gasteiger partial charge in [-0.2, -0.15) is 13.2 Å². The zero-order chi connectivity index (χ0) is 14.5. The first-order valence-electron chi connectivity index (χ1n) is 6.06. The smallest absolute Gasteiger partial charge is 0.345 e. The van der Waals surface area contributed by atoms with Crippen molar-refractivity contribution in [2.75, 3.05) is 19.8 Å². The second-order valence-electron chi connectivity index (χ2n) is 3.87. The van der Waals surface area contributed by atoms with E-state index in [1.165, 1.54) is 18.2 Å². The maximum atomic E-state index is 13.0. The number of halogens is 3. The van der Waals surface area contributed by atoms with Crippen LogP contribution < -0.4 is 5.73 Å². The van der Waals surface area contributed by atoms with E-state index in [1.807, 2.05) is 0 Å². The van der Waals surface area contributed by atoms with E-state index in [4.69, 9.17) is 15.2 Å². The van der Waals surface area contributed by atoms with Crippen molar-refractivity contribution in [3.63, 3.8) is 0 Å². The van der Waals surface area contributed by atoms with Crippen molar-refractivity contribution in [3.05, 3.63) is 35.4 Å². The van der Waals surface area contributed by atoms with Gasteiger partial charge in [0.05, 0.1) is 12.1 Å². The highest BCUT2D eigenvalue weighted by molar-refractivity contribution is 5.33. The molecule has 1 rings (SSSR count). The largest absolute Gasteiger partial charge is 0.416 e. The normalized spacial score (nSPS) is 12.7. The van der Waals surface area contributed by atoms with Crippen LogP contribution >= 0.6 is 0 Å². The molecule has 108 valence electrons. The average molecular weight is 277 g/mol. The van der Waals surface area contributed by atoms with Crippen molar-refractivity contribution >= 4 is 0 Å². The fourth-order valence-corrected chi connectivity index (χ4v) is 1.95. The van der Waals surface area contributed by atoms with Crippen LogP contribution in [0.3, 0.4) is 0 Å². The van der Waals surface area contributed by atoms with Gasteiger partial charge in [-0.15, -0.1) is 0 Å². The molecule has 0 fully saturated rings. The minimum Gasteiger partial charge on any atom is -0.345 e. The topological polar surface area (TPSA) is 44.5 Å². The molecule has 1 aromatic rings. The molecule has 0 atom stereocenters. The van der Waals surface area contributed by atoms with Gasteiger partial charge in [0.1, 0.15) is 0 Å². The van der Waals surface area contributed by atoms with Gasteiger partial charge in [0, 0.05) is 18.8 Å². The summed E-state index contributed by atoms with van der Waals surface area (Å²) in [5.41, 5.74) is 4.73. The van der Waals surface area contributed by atoms with E-state index < -0.39 is 17.5 Å². The maximum absolute atomic E-state index is 13.0. The van der Waals surface area contributed by atoms with Gasteiger partial charge in [0.2, 0.25) is 5.79 Å². The lowest BCUT2D eigenvalue weighted by Crippen LogP contribution is -2.42. The van der Waals surface area contributed by atoms with Crippen molar-refractivity contribution in [2.24, 2.45) is 5.73 Å². The summed E-state index contributed by atoms with van der Waals surface area (Å²) in [6, 6.07) is 5.16. The Labute approximate surface area is 110 Å². The first-order valence-corrected chi connectivity index (χ1v) is 6.06. The van der Waals surface area contributed by atoms with Crippen LogP contribution in [-0.2, 0) is 21.4 Å². The average Bonchev–Trinajstić information content (AvgIpc) is 2.37. The van der Waals surface area contributed by atoms with E-state index in [0.717, 1.165) is 6.07 Å². The molecule has 0 heterocycles. The summed E-state index contributed by atoms with van der Waals surface area (Å²) in [4.78, 5) is 0. The van der Waals surface area contributed by atoms with Crippen LogP contribution in [0, 0.1) is 0 Å². The SMILES string of the molecule is CCOC(CN)(OCC)c1ccccc1C(F)(F)F. The predicted octanol–water partition coefficient (Wildman–Crippen LogP) is 2.89. The van der Waals surface area contributed by atoms with Crippen LogP contribution in [0.25, 0.3) is 0 Å². The van der Waals surface area contributed by atoms with Gasteiger partial charge in [-0.05, 0) is 19.9 Å². The Bertz CT molecular complexity index is 401. The second-order valence-corrected chi connectivity index (χ2v) is 3.87. The zero-order valence-corrected chi connectivity index (χ0v) is 11.0. The number of hydrogen-bond acceptors (Lipinski definition) is 3. The van der Waals surface area contributed by atoms with Gasteiger partial charge in [-0.25, -0.2) is 0 Å². The Morgan fingerprint density at radius 1 is 1.00 bits per heavy atom.